The third kappa shape index (κ3) is 5.18. The molecule has 6 N–H and O–H groups in total. The number of imidazole rings is 1. The molecule has 2 aromatic heterocycles. The summed E-state index contributed by atoms with van der Waals surface area (Å²) >= 11 is 0. The number of hydrogen-bond donors (Lipinski definition) is 5. The van der Waals surface area contributed by atoms with Crippen LogP contribution in [0.1, 0.15) is 28.2 Å². The second-order valence-corrected chi connectivity index (χ2v) is 7.55. The molecule has 172 valence electrons. The number of nitrogen functional groups attached to an aromatic ring is 1. The number of amidine groups is 1. The van der Waals surface area contributed by atoms with Gasteiger partial charge in [0.2, 0.25) is 0 Å². The van der Waals surface area contributed by atoms with Crippen molar-refractivity contribution in [2.45, 2.75) is 13.0 Å². The predicted octanol–water partition coefficient (Wildman–Crippen LogP) is 2.98. The first kappa shape index (κ1) is 22.5. The monoisotopic (exact) mass is 457 g/mol. The molecule has 0 spiro atoms. The van der Waals surface area contributed by atoms with Crippen molar-refractivity contribution in [3.63, 3.8) is 0 Å². The standard InChI is InChI=1S/C24H23N7O3/c25-23(26)15-4-7-17(8-5-15)28-14-20-29-18-9-6-16(13-19(18)30-20)24(34)31(12-10-22(32)33)21-3-1-2-11-27-21/h1-9,11,13,28H,10,12,14H2,(H3,25,26)(H,29,30)(H,32,33). The molecule has 0 atom stereocenters. The van der Waals surface area contributed by atoms with Crippen molar-refractivity contribution in [1.82, 2.24) is 15.0 Å². The number of anilines is 2. The first-order valence-electron chi connectivity index (χ1n) is 10.5. The van der Waals surface area contributed by atoms with E-state index >= 15 is 0 Å². The number of carbonyl (C=O) groups excluding carboxylic acids is 1. The SMILES string of the molecule is N=C(N)c1ccc(NCc2nc3ccc(C(=O)N(CCC(=O)O)c4ccccn4)cc3[nH]2)cc1. The first-order chi connectivity index (χ1) is 16.4. The van der Waals surface area contributed by atoms with E-state index in [-0.39, 0.29) is 24.7 Å². The molecule has 2 aromatic carbocycles. The minimum atomic E-state index is -0.995. The molecule has 0 fully saturated rings. The fourth-order valence-corrected chi connectivity index (χ4v) is 3.43. The normalized spacial score (nSPS) is 10.7. The number of H-pyrrole nitrogens is 1. The summed E-state index contributed by atoms with van der Waals surface area (Å²) in [6, 6.07) is 17.4. The molecule has 10 nitrogen and oxygen atoms in total. The van der Waals surface area contributed by atoms with Gasteiger partial charge in [0.1, 0.15) is 17.5 Å². The number of carboxylic acids is 1. The predicted molar refractivity (Wildman–Crippen MR) is 129 cm³/mol. The molecule has 0 aliphatic heterocycles. The van der Waals surface area contributed by atoms with Gasteiger partial charge in [-0.3, -0.25) is 19.9 Å². The maximum atomic E-state index is 13.2. The highest BCUT2D eigenvalue weighted by atomic mass is 16.4. The molecular weight excluding hydrogens is 434 g/mol. The maximum Gasteiger partial charge on any atom is 0.305 e. The average Bonchev–Trinajstić information content (AvgIpc) is 3.25. The van der Waals surface area contributed by atoms with Crippen LogP contribution in [0.15, 0.2) is 66.9 Å². The molecule has 0 unspecified atom stereocenters. The molecule has 10 heteroatoms. The van der Waals surface area contributed by atoms with Crippen molar-refractivity contribution in [3.8, 4) is 0 Å². The second-order valence-electron chi connectivity index (χ2n) is 7.55. The van der Waals surface area contributed by atoms with Crippen LogP contribution in [0.4, 0.5) is 11.5 Å². The molecule has 0 bridgehead atoms. The number of pyridine rings is 1. The van der Waals surface area contributed by atoms with Crippen LogP contribution in [0.2, 0.25) is 0 Å². The summed E-state index contributed by atoms with van der Waals surface area (Å²) in [5, 5.41) is 19.8. The number of fused-ring (bicyclic) bond motifs is 1. The Morgan fingerprint density at radius 3 is 2.53 bits per heavy atom. The number of rotatable bonds is 9. The molecule has 0 aliphatic carbocycles. The molecule has 0 aliphatic rings. The zero-order valence-electron chi connectivity index (χ0n) is 18.2. The van der Waals surface area contributed by atoms with Gasteiger partial charge in [-0.1, -0.05) is 6.07 Å². The topological polar surface area (TPSA) is 161 Å². The largest absolute Gasteiger partial charge is 0.481 e. The highest BCUT2D eigenvalue weighted by molar-refractivity contribution is 6.07. The van der Waals surface area contributed by atoms with E-state index in [1.165, 1.54) is 4.90 Å². The van der Waals surface area contributed by atoms with Crippen LogP contribution in [0.5, 0.6) is 0 Å². The molecule has 34 heavy (non-hydrogen) atoms. The van der Waals surface area contributed by atoms with Crippen LogP contribution in [0, 0.1) is 5.41 Å². The Labute approximate surface area is 195 Å². The Balaban J connectivity index is 1.51. The Bertz CT molecular complexity index is 1330. The summed E-state index contributed by atoms with van der Waals surface area (Å²) in [6.07, 6.45) is 1.36. The Morgan fingerprint density at radius 2 is 1.85 bits per heavy atom. The number of aromatic amines is 1. The van der Waals surface area contributed by atoms with Gasteiger partial charge < -0.3 is 21.1 Å². The van der Waals surface area contributed by atoms with Gasteiger partial charge in [-0.25, -0.2) is 9.97 Å². The number of carbonyl (C=O) groups is 2. The van der Waals surface area contributed by atoms with Gasteiger partial charge >= 0.3 is 5.97 Å². The van der Waals surface area contributed by atoms with E-state index in [1.54, 1.807) is 54.7 Å². The number of amides is 1. The van der Waals surface area contributed by atoms with E-state index in [0.29, 0.717) is 40.3 Å². The summed E-state index contributed by atoms with van der Waals surface area (Å²) in [5.74, 6) is -0.256. The van der Waals surface area contributed by atoms with Gasteiger partial charge in [-0.05, 0) is 54.6 Å². The third-order valence-electron chi connectivity index (χ3n) is 5.15. The first-order valence-corrected chi connectivity index (χ1v) is 10.5. The van der Waals surface area contributed by atoms with Crippen LogP contribution in [-0.2, 0) is 11.3 Å². The molecule has 1 amide bonds. The summed E-state index contributed by atoms with van der Waals surface area (Å²) < 4.78 is 0. The van der Waals surface area contributed by atoms with Crippen molar-refractivity contribution in [2.75, 3.05) is 16.8 Å². The number of aromatic nitrogens is 3. The zero-order valence-corrected chi connectivity index (χ0v) is 18.2. The Hall–Kier alpha value is -4.73. The lowest BCUT2D eigenvalue weighted by molar-refractivity contribution is -0.136. The fraction of sp³-hybridized carbons (Fsp3) is 0.125. The van der Waals surface area contributed by atoms with Gasteiger partial charge in [0, 0.05) is 29.6 Å². The van der Waals surface area contributed by atoms with Crippen molar-refractivity contribution >= 4 is 40.3 Å². The van der Waals surface area contributed by atoms with Crippen molar-refractivity contribution in [2.24, 2.45) is 5.73 Å². The van der Waals surface area contributed by atoms with E-state index in [2.05, 4.69) is 20.3 Å². The van der Waals surface area contributed by atoms with Gasteiger partial charge in [-0.15, -0.1) is 0 Å². The number of benzene rings is 2. The third-order valence-corrected chi connectivity index (χ3v) is 5.15. The molecule has 4 aromatic rings. The summed E-state index contributed by atoms with van der Waals surface area (Å²) in [7, 11) is 0. The smallest absolute Gasteiger partial charge is 0.305 e. The lowest BCUT2D eigenvalue weighted by Gasteiger charge is -2.21. The zero-order chi connectivity index (χ0) is 24.1. The summed E-state index contributed by atoms with van der Waals surface area (Å²) in [6.45, 7) is 0.430. The second kappa shape index (κ2) is 9.82. The molecule has 0 saturated heterocycles. The molecule has 0 radical (unpaired) electrons. The molecule has 0 saturated carbocycles. The van der Waals surface area contributed by atoms with Gasteiger partial charge in [0.25, 0.3) is 5.91 Å². The van der Waals surface area contributed by atoms with Crippen molar-refractivity contribution < 1.29 is 14.7 Å². The van der Waals surface area contributed by atoms with Crippen molar-refractivity contribution in [3.05, 3.63) is 83.8 Å². The maximum absolute atomic E-state index is 13.2. The van der Waals surface area contributed by atoms with Gasteiger partial charge in [0.15, 0.2) is 0 Å². The van der Waals surface area contributed by atoms with E-state index in [1.807, 2.05) is 12.1 Å². The number of nitrogens with two attached hydrogens (primary N) is 1. The van der Waals surface area contributed by atoms with Crippen molar-refractivity contribution in [1.29, 1.82) is 5.41 Å². The highest BCUT2D eigenvalue weighted by Gasteiger charge is 2.20. The van der Waals surface area contributed by atoms with Crippen LogP contribution in [-0.4, -0.2) is 44.3 Å². The van der Waals surface area contributed by atoms with Gasteiger partial charge in [-0.2, -0.15) is 0 Å². The lowest BCUT2D eigenvalue weighted by atomic mass is 10.1. The number of hydrogen-bond acceptors (Lipinski definition) is 6. The quantitative estimate of drug-likeness (QED) is 0.191. The highest BCUT2D eigenvalue weighted by Crippen LogP contribution is 2.19. The Kier molecular flexibility index (Phi) is 6.49. The number of carboxylic acid groups (broad SMARTS) is 1. The minimum Gasteiger partial charge on any atom is -0.481 e. The van der Waals surface area contributed by atoms with Gasteiger partial charge in [0.05, 0.1) is 24.0 Å². The van der Waals surface area contributed by atoms with E-state index in [9.17, 15) is 9.59 Å². The molecule has 2 heterocycles. The average molecular weight is 457 g/mol. The van der Waals surface area contributed by atoms with E-state index < -0.39 is 5.97 Å². The fourth-order valence-electron chi connectivity index (χ4n) is 3.43. The summed E-state index contributed by atoms with van der Waals surface area (Å²) in [5.41, 5.74) is 8.77. The lowest BCUT2D eigenvalue weighted by Crippen LogP contribution is -2.33. The minimum absolute atomic E-state index is 0.00375. The Morgan fingerprint density at radius 1 is 1.09 bits per heavy atom. The molecular formula is C24H23N7O3. The van der Waals surface area contributed by atoms with Crippen LogP contribution in [0.3, 0.4) is 0 Å². The van der Waals surface area contributed by atoms with E-state index in [0.717, 1.165) is 5.69 Å². The summed E-state index contributed by atoms with van der Waals surface area (Å²) in [4.78, 5) is 37.6. The van der Waals surface area contributed by atoms with E-state index in [4.69, 9.17) is 16.2 Å². The number of nitrogens with one attached hydrogen (secondary N) is 3. The van der Waals surface area contributed by atoms with Crippen LogP contribution in [0.25, 0.3) is 11.0 Å². The number of nitrogens with zero attached hydrogens (tertiary/aromatic N) is 3. The van der Waals surface area contributed by atoms with Crippen LogP contribution < -0.4 is 16.0 Å². The molecule has 4 rings (SSSR count). The van der Waals surface area contributed by atoms with Crippen LogP contribution >= 0.6 is 0 Å². The number of aliphatic carboxylic acids is 1.